The van der Waals surface area contributed by atoms with Crippen molar-refractivity contribution in [2.45, 2.75) is 37.5 Å². The summed E-state index contributed by atoms with van der Waals surface area (Å²) in [4.78, 5) is 13.5. The number of ether oxygens (including phenoxy) is 1. The van der Waals surface area contributed by atoms with E-state index in [0.29, 0.717) is 34.3 Å². The van der Waals surface area contributed by atoms with Gasteiger partial charge in [0.25, 0.3) is 0 Å². The Morgan fingerprint density at radius 1 is 1.52 bits per heavy atom. The summed E-state index contributed by atoms with van der Waals surface area (Å²) >= 11 is 13.6. The first-order valence-electron chi connectivity index (χ1n) is 6.65. The standard InChI is InChI=1S/C13H15Cl2NO4S/c1-6-4-13(2-3-16(6)12(18)19)10-8(7(17)5-20-13)9(14)11(15)21-10/h6-7,17H,2-5H2,1H3,(H,18,19)/t6-,7?,13?/m0/s1. The fourth-order valence-electron chi connectivity index (χ4n) is 3.25. The molecule has 1 aromatic rings. The molecule has 2 N–H and O–H groups in total. The summed E-state index contributed by atoms with van der Waals surface area (Å²) in [6.07, 6.45) is -0.631. The first-order valence-corrected chi connectivity index (χ1v) is 8.23. The largest absolute Gasteiger partial charge is 0.465 e. The molecule has 3 heterocycles. The molecule has 3 atom stereocenters. The Hall–Kier alpha value is -0.530. The summed E-state index contributed by atoms with van der Waals surface area (Å²) in [5.41, 5.74) is 0.0513. The van der Waals surface area contributed by atoms with Crippen molar-refractivity contribution in [1.29, 1.82) is 0 Å². The quantitative estimate of drug-likeness (QED) is 0.750. The lowest BCUT2D eigenvalue weighted by atomic mass is 9.82. The molecular formula is C13H15Cl2NO4S. The average Bonchev–Trinajstić information content (AvgIpc) is 2.72. The van der Waals surface area contributed by atoms with Gasteiger partial charge >= 0.3 is 6.09 Å². The average molecular weight is 352 g/mol. The zero-order valence-electron chi connectivity index (χ0n) is 11.3. The molecule has 5 nitrogen and oxygen atoms in total. The number of carbonyl (C=O) groups is 1. The summed E-state index contributed by atoms with van der Waals surface area (Å²) in [5, 5.41) is 19.7. The van der Waals surface area contributed by atoms with E-state index in [4.69, 9.17) is 27.9 Å². The molecule has 2 unspecified atom stereocenters. The third kappa shape index (κ3) is 2.33. The third-order valence-electron chi connectivity index (χ3n) is 4.27. The number of aliphatic hydroxyl groups excluding tert-OH is 1. The number of nitrogens with zero attached hydrogens (tertiary/aromatic N) is 1. The van der Waals surface area contributed by atoms with Gasteiger partial charge in [0.15, 0.2) is 0 Å². The molecule has 1 saturated heterocycles. The van der Waals surface area contributed by atoms with Crippen LogP contribution in [0.15, 0.2) is 0 Å². The van der Waals surface area contributed by atoms with Crippen LogP contribution < -0.4 is 0 Å². The first kappa shape index (κ1) is 15.4. The highest BCUT2D eigenvalue weighted by Crippen LogP contribution is 2.53. The lowest BCUT2D eigenvalue weighted by molar-refractivity contribution is -0.134. The van der Waals surface area contributed by atoms with Gasteiger partial charge in [-0.3, -0.25) is 0 Å². The molecule has 1 fully saturated rings. The van der Waals surface area contributed by atoms with Gasteiger partial charge in [0.1, 0.15) is 16.0 Å². The van der Waals surface area contributed by atoms with Crippen molar-refractivity contribution < 1.29 is 19.7 Å². The maximum absolute atomic E-state index is 11.2. The topological polar surface area (TPSA) is 70.0 Å². The molecule has 0 aliphatic carbocycles. The Kier molecular flexibility index (Phi) is 3.86. The van der Waals surface area contributed by atoms with E-state index in [0.717, 1.165) is 4.88 Å². The Morgan fingerprint density at radius 3 is 2.86 bits per heavy atom. The minimum Gasteiger partial charge on any atom is -0.465 e. The van der Waals surface area contributed by atoms with Gasteiger partial charge in [-0.05, 0) is 13.3 Å². The zero-order valence-corrected chi connectivity index (χ0v) is 13.6. The molecule has 3 rings (SSSR count). The van der Waals surface area contributed by atoms with Crippen LogP contribution >= 0.6 is 34.5 Å². The summed E-state index contributed by atoms with van der Waals surface area (Å²) in [6, 6.07) is -0.168. The van der Waals surface area contributed by atoms with Crippen molar-refractivity contribution in [2.75, 3.05) is 13.2 Å². The highest BCUT2D eigenvalue weighted by Gasteiger charge is 2.48. The number of thiophene rings is 1. The molecule has 0 saturated carbocycles. The highest BCUT2D eigenvalue weighted by atomic mass is 35.5. The van der Waals surface area contributed by atoms with Gasteiger partial charge in [0.2, 0.25) is 0 Å². The summed E-state index contributed by atoms with van der Waals surface area (Å²) < 4.78 is 6.38. The van der Waals surface area contributed by atoms with E-state index in [1.54, 1.807) is 0 Å². The predicted octanol–water partition coefficient (Wildman–Crippen LogP) is 3.48. The van der Waals surface area contributed by atoms with Crippen LogP contribution in [0.3, 0.4) is 0 Å². The van der Waals surface area contributed by atoms with Gasteiger partial charge in [-0.25, -0.2) is 4.79 Å². The van der Waals surface area contributed by atoms with E-state index < -0.39 is 17.8 Å². The summed E-state index contributed by atoms with van der Waals surface area (Å²) in [6.45, 7) is 2.40. The van der Waals surface area contributed by atoms with Crippen molar-refractivity contribution >= 4 is 40.6 Å². The van der Waals surface area contributed by atoms with Gasteiger partial charge < -0.3 is 19.8 Å². The van der Waals surface area contributed by atoms with E-state index in [1.165, 1.54) is 16.2 Å². The first-order chi connectivity index (χ1) is 9.85. The molecule has 0 aromatic carbocycles. The molecule has 2 aliphatic rings. The zero-order chi connectivity index (χ0) is 15.4. The molecule has 116 valence electrons. The van der Waals surface area contributed by atoms with E-state index in [2.05, 4.69) is 0 Å². The van der Waals surface area contributed by atoms with Crippen molar-refractivity contribution in [1.82, 2.24) is 4.90 Å². The minimum atomic E-state index is -0.921. The maximum atomic E-state index is 11.2. The Labute approximate surface area is 136 Å². The Morgan fingerprint density at radius 2 is 2.24 bits per heavy atom. The third-order valence-corrected chi connectivity index (χ3v) is 6.47. The van der Waals surface area contributed by atoms with Crippen LogP contribution in [0.25, 0.3) is 0 Å². The van der Waals surface area contributed by atoms with Gasteiger partial charge in [0, 0.05) is 29.4 Å². The van der Waals surface area contributed by atoms with Crippen LogP contribution in [0.4, 0.5) is 4.79 Å². The van der Waals surface area contributed by atoms with Crippen molar-refractivity contribution in [3.63, 3.8) is 0 Å². The number of hydrogen-bond donors (Lipinski definition) is 2. The number of fused-ring (bicyclic) bond motifs is 2. The highest BCUT2D eigenvalue weighted by molar-refractivity contribution is 7.17. The monoisotopic (exact) mass is 351 g/mol. The number of halogens is 2. The maximum Gasteiger partial charge on any atom is 0.407 e. The molecule has 1 amide bonds. The lowest BCUT2D eigenvalue weighted by Gasteiger charge is -2.46. The molecule has 0 radical (unpaired) electrons. The number of carboxylic acid groups (broad SMARTS) is 1. The van der Waals surface area contributed by atoms with E-state index in [9.17, 15) is 15.0 Å². The van der Waals surface area contributed by atoms with Gasteiger partial charge in [-0.2, -0.15) is 0 Å². The van der Waals surface area contributed by atoms with Crippen LogP contribution in [0.1, 0.15) is 36.3 Å². The molecule has 0 bridgehead atoms. The van der Waals surface area contributed by atoms with Gasteiger partial charge in [-0.1, -0.05) is 23.2 Å². The minimum absolute atomic E-state index is 0.152. The summed E-state index contributed by atoms with van der Waals surface area (Å²) in [7, 11) is 0. The van der Waals surface area contributed by atoms with Crippen LogP contribution in [0.2, 0.25) is 9.36 Å². The smallest absolute Gasteiger partial charge is 0.407 e. The molecule has 2 aliphatic heterocycles. The Balaban J connectivity index is 2.00. The number of aliphatic hydroxyl groups is 1. The number of likely N-dealkylation sites (tertiary alicyclic amines) is 1. The molecule has 1 spiro atoms. The van der Waals surface area contributed by atoms with Crippen LogP contribution in [-0.4, -0.2) is 40.4 Å². The lowest BCUT2D eigenvalue weighted by Crippen LogP contribution is -2.52. The number of rotatable bonds is 0. The number of hydrogen-bond acceptors (Lipinski definition) is 4. The molecule has 1 aromatic heterocycles. The van der Waals surface area contributed by atoms with E-state index in [1.807, 2.05) is 6.92 Å². The molecule has 8 heteroatoms. The van der Waals surface area contributed by atoms with Crippen LogP contribution in [0, 0.1) is 0 Å². The fourth-order valence-corrected chi connectivity index (χ4v) is 5.13. The van der Waals surface area contributed by atoms with Gasteiger partial charge in [0.05, 0.1) is 11.6 Å². The van der Waals surface area contributed by atoms with Crippen molar-refractivity contribution in [3.8, 4) is 0 Å². The van der Waals surface area contributed by atoms with Crippen molar-refractivity contribution in [2.24, 2.45) is 0 Å². The van der Waals surface area contributed by atoms with E-state index >= 15 is 0 Å². The Bertz CT molecular complexity index is 593. The second-order valence-corrected chi connectivity index (χ2v) is 7.53. The predicted molar refractivity (Wildman–Crippen MR) is 80.4 cm³/mol. The van der Waals surface area contributed by atoms with Gasteiger partial charge in [-0.15, -0.1) is 11.3 Å². The van der Waals surface area contributed by atoms with E-state index in [-0.39, 0.29) is 12.6 Å². The SMILES string of the molecule is C[C@H]1CC2(CCN1C(=O)O)OCC(O)c1c2sc(Cl)c1Cl. The second kappa shape index (κ2) is 5.28. The molecule has 21 heavy (non-hydrogen) atoms. The van der Waals surface area contributed by atoms with Crippen molar-refractivity contribution in [3.05, 3.63) is 19.8 Å². The summed E-state index contributed by atoms with van der Waals surface area (Å²) in [5.74, 6) is 0. The molecular weight excluding hydrogens is 337 g/mol. The normalized spacial score (nSPS) is 32.3. The second-order valence-electron chi connectivity index (χ2n) is 5.53. The van der Waals surface area contributed by atoms with Crippen LogP contribution in [0.5, 0.6) is 0 Å². The number of piperidine rings is 1. The van der Waals surface area contributed by atoms with Crippen LogP contribution in [-0.2, 0) is 10.3 Å². The number of amides is 1. The fraction of sp³-hybridized carbons (Fsp3) is 0.615.